The average molecular weight is 458 g/mol. The Labute approximate surface area is 192 Å². The number of anilines is 1. The lowest BCUT2D eigenvalue weighted by atomic mass is 10.1. The van der Waals surface area contributed by atoms with Crippen molar-refractivity contribution in [1.29, 1.82) is 0 Å². The van der Waals surface area contributed by atoms with E-state index >= 15 is 0 Å². The van der Waals surface area contributed by atoms with E-state index in [-0.39, 0.29) is 12.6 Å². The topological polar surface area (TPSA) is 56.8 Å². The van der Waals surface area contributed by atoms with Crippen molar-refractivity contribution in [1.82, 2.24) is 0 Å². The molecule has 3 aromatic carbocycles. The van der Waals surface area contributed by atoms with Gasteiger partial charge in [-0.1, -0.05) is 23.7 Å². The Hall–Kier alpha value is -3.25. The molecule has 168 valence electrons. The third-order valence-electron chi connectivity index (χ3n) is 4.63. The van der Waals surface area contributed by atoms with Crippen LogP contribution in [0.5, 0.6) is 11.5 Å². The van der Waals surface area contributed by atoms with Gasteiger partial charge in [-0.3, -0.25) is 0 Å². The Kier molecular flexibility index (Phi) is 8.34. The number of carbonyl (C=O) groups excluding carboxylic acids is 1. The molecule has 0 amide bonds. The van der Waals surface area contributed by atoms with Gasteiger partial charge in [-0.15, -0.1) is 0 Å². The SMILES string of the molecule is CCOC(=O)c1ccc(NCc2ccc(OCc3c(F)cccc3Cl)c(OCC)c2)cc1. The van der Waals surface area contributed by atoms with Crippen molar-refractivity contribution in [2.24, 2.45) is 0 Å². The van der Waals surface area contributed by atoms with Crippen LogP contribution >= 0.6 is 11.6 Å². The second-order valence-corrected chi connectivity index (χ2v) is 7.26. The lowest BCUT2D eigenvalue weighted by Crippen LogP contribution is -2.05. The van der Waals surface area contributed by atoms with Crippen molar-refractivity contribution in [3.05, 3.63) is 88.2 Å². The second-order valence-electron chi connectivity index (χ2n) is 6.85. The Morgan fingerprint density at radius 2 is 1.75 bits per heavy atom. The summed E-state index contributed by atoms with van der Waals surface area (Å²) in [6.45, 7) is 4.99. The lowest BCUT2D eigenvalue weighted by molar-refractivity contribution is 0.0526. The molecule has 7 heteroatoms. The van der Waals surface area contributed by atoms with Crippen LogP contribution in [-0.4, -0.2) is 19.2 Å². The standard InChI is InChI=1S/C25H25ClFNO4/c1-3-30-24-14-17(15-28-19-11-9-18(10-12-19)25(29)31-4-2)8-13-23(24)32-16-20-21(26)6-5-7-22(20)27/h5-14,28H,3-4,15-16H2,1-2H3. The third kappa shape index (κ3) is 6.14. The molecule has 0 aliphatic heterocycles. The van der Waals surface area contributed by atoms with Crippen LogP contribution in [-0.2, 0) is 17.9 Å². The minimum Gasteiger partial charge on any atom is -0.490 e. The van der Waals surface area contributed by atoms with E-state index < -0.39 is 5.82 Å². The molecular weight excluding hydrogens is 433 g/mol. The maximum absolute atomic E-state index is 14.0. The van der Waals surface area contributed by atoms with E-state index in [1.165, 1.54) is 6.07 Å². The van der Waals surface area contributed by atoms with Crippen molar-refractivity contribution in [2.75, 3.05) is 18.5 Å². The molecule has 1 N–H and O–H groups in total. The highest BCUT2D eigenvalue weighted by atomic mass is 35.5. The summed E-state index contributed by atoms with van der Waals surface area (Å²) < 4.78 is 30.5. The van der Waals surface area contributed by atoms with Gasteiger partial charge in [-0.05, 0) is 67.9 Å². The molecule has 0 spiro atoms. The summed E-state index contributed by atoms with van der Waals surface area (Å²) in [4.78, 5) is 11.8. The summed E-state index contributed by atoms with van der Waals surface area (Å²) in [5.41, 5.74) is 2.64. The summed E-state index contributed by atoms with van der Waals surface area (Å²) >= 11 is 6.08. The molecule has 0 aliphatic carbocycles. The molecule has 0 fully saturated rings. The molecule has 0 aliphatic rings. The summed E-state index contributed by atoms with van der Waals surface area (Å²) in [7, 11) is 0. The number of nitrogens with one attached hydrogen (secondary N) is 1. The van der Waals surface area contributed by atoms with Gasteiger partial charge in [0.1, 0.15) is 12.4 Å². The van der Waals surface area contributed by atoms with Crippen LogP contribution in [0.3, 0.4) is 0 Å². The molecule has 0 atom stereocenters. The van der Waals surface area contributed by atoms with Gasteiger partial charge in [0.25, 0.3) is 0 Å². The number of benzene rings is 3. The van der Waals surface area contributed by atoms with Gasteiger partial charge in [0.05, 0.1) is 23.8 Å². The van der Waals surface area contributed by atoms with Crippen LogP contribution < -0.4 is 14.8 Å². The zero-order chi connectivity index (χ0) is 22.9. The summed E-state index contributed by atoms with van der Waals surface area (Å²) in [5.74, 6) is 0.323. The number of ether oxygens (including phenoxy) is 3. The normalized spacial score (nSPS) is 10.5. The Bertz CT molecular complexity index is 1040. The summed E-state index contributed by atoms with van der Waals surface area (Å²) in [5, 5.41) is 3.62. The molecule has 0 radical (unpaired) electrons. The largest absolute Gasteiger partial charge is 0.490 e. The smallest absolute Gasteiger partial charge is 0.338 e. The van der Waals surface area contributed by atoms with Crippen molar-refractivity contribution >= 4 is 23.3 Å². The van der Waals surface area contributed by atoms with Crippen molar-refractivity contribution in [2.45, 2.75) is 27.0 Å². The number of esters is 1. The zero-order valence-electron chi connectivity index (χ0n) is 18.0. The van der Waals surface area contributed by atoms with Crippen LogP contribution in [0.2, 0.25) is 5.02 Å². The number of carbonyl (C=O) groups is 1. The molecule has 0 saturated heterocycles. The fourth-order valence-electron chi connectivity index (χ4n) is 3.01. The first kappa shape index (κ1) is 23.4. The molecule has 3 aromatic rings. The third-order valence-corrected chi connectivity index (χ3v) is 4.99. The average Bonchev–Trinajstić information content (AvgIpc) is 2.79. The van der Waals surface area contributed by atoms with Crippen molar-refractivity contribution in [3.8, 4) is 11.5 Å². The van der Waals surface area contributed by atoms with E-state index in [4.69, 9.17) is 25.8 Å². The number of halogens is 2. The first-order valence-corrected chi connectivity index (χ1v) is 10.7. The first-order chi connectivity index (χ1) is 15.5. The Balaban J connectivity index is 1.65. The second kappa shape index (κ2) is 11.4. The minimum absolute atomic E-state index is 0.00398. The zero-order valence-corrected chi connectivity index (χ0v) is 18.7. The monoisotopic (exact) mass is 457 g/mol. The van der Waals surface area contributed by atoms with Crippen LogP contribution in [0, 0.1) is 5.82 Å². The lowest BCUT2D eigenvalue weighted by Gasteiger charge is -2.15. The van der Waals surface area contributed by atoms with Crippen LogP contribution in [0.25, 0.3) is 0 Å². The van der Waals surface area contributed by atoms with Gasteiger partial charge in [0.15, 0.2) is 11.5 Å². The van der Waals surface area contributed by atoms with Crippen molar-refractivity contribution in [3.63, 3.8) is 0 Å². The fourth-order valence-corrected chi connectivity index (χ4v) is 3.23. The van der Waals surface area contributed by atoms with Gasteiger partial charge < -0.3 is 19.5 Å². The van der Waals surface area contributed by atoms with E-state index in [1.807, 2.05) is 31.2 Å². The van der Waals surface area contributed by atoms with Crippen LogP contribution in [0.4, 0.5) is 10.1 Å². The van der Waals surface area contributed by atoms with Gasteiger partial charge in [0.2, 0.25) is 0 Å². The number of rotatable bonds is 10. The van der Waals surface area contributed by atoms with Gasteiger partial charge in [-0.25, -0.2) is 9.18 Å². The molecule has 0 heterocycles. The van der Waals surface area contributed by atoms with E-state index in [1.54, 1.807) is 37.3 Å². The predicted octanol–water partition coefficient (Wildman–Crippen LogP) is 6.25. The van der Waals surface area contributed by atoms with Gasteiger partial charge in [0, 0.05) is 17.8 Å². The number of hydrogen-bond acceptors (Lipinski definition) is 5. The van der Waals surface area contributed by atoms with Crippen LogP contribution in [0.15, 0.2) is 60.7 Å². The molecule has 0 bridgehead atoms. The van der Waals surface area contributed by atoms with E-state index in [9.17, 15) is 9.18 Å². The molecule has 3 rings (SSSR count). The maximum Gasteiger partial charge on any atom is 0.338 e. The Morgan fingerprint density at radius 1 is 0.969 bits per heavy atom. The quantitative estimate of drug-likeness (QED) is 0.365. The molecule has 0 aromatic heterocycles. The highest BCUT2D eigenvalue weighted by Crippen LogP contribution is 2.31. The highest BCUT2D eigenvalue weighted by molar-refractivity contribution is 6.31. The molecule has 0 unspecified atom stereocenters. The summed E-state index contributed by atoms with van der Waals surface area (Å²) in [6.07, 6.45) is 0. The molecule has 0 saturated carbocycles. The fraction of sp³-hybridized carbons (Fsp3) is 0.240. The maximum atomic E-state index is 14.0. The van der Waals surface area contributed by atoms with E-state index in [0.717, 1.165) is 11.3 Å². The predicted molar refractivity (Wildman–Crippen MR) is 123 cm³/mol. The molecule has 5 nitrogen and oxygen atoms in total. The van der Waals surface area contributed by atoms with E-state index in [0.29, 0.717) is 47.4 Å². The molecular formula is C25H25ClFNO4. The first-order valence-electron chi connectivity index (χ1n) is 10.3. The van der Waals surface area contributed by atoms with Gasteiger partial charge >= 0.3 is 5.97 Å². The summed E-state index contributed by atoms with van der Waals surface area (Å²) in [6, 6.07) is 17.2. The highest BCUT2D eigenvalue weighted by Gasteiger charge is 2.12. The Morgan fingerprint density at radius 3 is 2.44 bits per heavy atom. The van der Waals surface area contributed by atoms with E-state index in [2.05, 4.69) is 5.32 Å². The molecule has 32 heavy (non-hydrogen) atoms. The number of hydrogen-bond donors (Lipinski definition) is 1. The van der Waals surface area contributed by atoms with Gasteiger partial charge in [-0.2, -0.15) is 0 Å². The van der Waals surface area contributed by atoms with Crippen LogP contribution in [0.1, 0.15) is 35.3 Å². The minimum atomic E-state index is -0.412. The van der Waals surface area contributed by atoms with Crippen molar-refractivity contribution < 1.29 is 23.4 Å².